The number of sulfonamides is 1. The molecule has 1 aliphatic heterocycles. The van der Waals surface area contributed by atoms with E-state index in [-0.39, 0.29) is 42.4 Å². The highest BCUT2D eigenvalue weighted by atomic mass is 35.5. The molecule has 4 nitrogen and oxygen atoms in total. The summed E-state index contributed by atoms with van der Waals surface area (Å²) in [7, 11) is -3.89. The van der Waals surface area contributed by atoms with Gasteiger partial charge in [0, 0.05) is 25.0 Å². The third kappa shape index (κ3) is 3.47. The molecule has 130 valence electrons. The molecule has 0 saturated carbocycles. The summed E-state index contributed by atoms with van der Waals surface area (Å²) in [5, 5.41) is 0. The van der Waals surface area contributed by atoms with Gasteiger partial charge in [-0.1, -0.05) is 36.4 Å². The van der Waals surface area contributed by atoms with Crippen LogP contribution in [0, 0.1) is 12.7 Å². The normalized spacial score (nSPS) is 21.5. The van der Waals surface area contributed by atoms with Crippen LogP contribution in [0.25, 0.3) is 0 Å². The minimum absolute atomic E-state index is 0. The molecule has 0 amide bonds. The molecule has 0 unspecified atom stereocenters. The van der Waals surface area contributed by atoms with Gasteiger partial charge in [-0.15, -0.1) is 12.4 Å². The molecule has 1 heterocycles. The average Bonchev–Trinajstić information content (AvgIpc) is 2.93. The molecule has 7 heteroatoms. The van der Waals surface area contributed by atoms with Crippen molar-refractivity contribution in [3.8, 4) is 0 Å². The zero-order chi connectivity index (χ0) is 16.6. The lowest BCUT2D eigenvalue weighted by molar-refractivity contribution is 0.463. The molecule has 2 aromatic carbocycles. The van der Waals surface area contributed by atoms with Crippen LogP contribution in [-0.4, -0.2) is 31.9 Å². The Morgan fingerprint density at radius 3 is 2.46 bits per heavy atom. The molecule has 0 radical (unpaired) electrons. The summed E-state index contributed by atoms with van der Waals surface area (Å²) in [6.07, 6.45) is 0. The van der Waals surface area contributed by atoms with E-state index in [2.05, 4.69) is 0 Å². The third-order valence-electron chi connectivity index (χ3n) is 4.26. The number of nitrogens with two attached hydrogens (primary N) is 1. The summed E-state index contributed by atoms with van der Waals surface area (Å²) in [5.41, 5.74) is 7.85. The van der Waals surface area contributed by atoms with Gasteiger partial charge in [-0.2, -0.15) is 4.31 Å². The van der Waals surface area contributed by atoms with Crippen LogP contribution in [-0.2, 0) is 10.0 Å². The maximum Gasteiger partial charge on any atom is 0.246 e. The van der Waals surface area contributed by atoms with Gasteiger partial charge in [0.15, 0.2) is 0 Å². The summed E-state index contributed by atoms with van der Waals surface area (Å²) in [4.78, 5) is -0.279. The summed E-state index contributed by atoms with van der Waals surface area (Å²) < 4.78 is 40.8. The van der Waals surface area contributed by atoms with Crippen molar-refractivity contribution in [3.63, 3.8) is 0 Å². The maximum atomic E-state index is 14.0. The van der Waals surface area contributed by atoms with E-state index in [0.29, 0.717) is 5.56 Å². The van der Waals surface area contributed by atoms with Crippen LogP contribution in [0.2, 0.25) is 0 Å². The molecule has 0 spiro atoms. The molecular formula is C17H20ClFN2O2S. The molecule has 2 atom stereocenters. The highest BCUT2D eigenvalue weighted by Crippen LogP contribution is 2.31. The number of benzene rings is 2. The topological polar surface area (TPSA) is 63.4 Å². The number of hydrogen-bond acceptors (Lipinski definition) is 3. The van der Waals surface area contributed by atoms with Crippen LogP contribution in [0.1, 0.15) is 17.0 Å². The van der Waals surface area contributed by atoms with Crippen molar-refractivity contribution in [2.45, 2.75) is 23.8 Å². The Labute approximate surface area is 147 Å². The van der Waals surface area contributed by atoms with Crippen molar-refractivity contribution in [2.24, 2.45) is 5.73 Å². The summed E-state index contributed by atoms with van der Waals surface area (Å²) in [6.45, 7) is 2.19. The van der Waals surface area contributed by atoms with Gasteiger partial charge in [0.1, 0.15) is 10.7 Å². The van der Waals surface area contributed by atoms with Crippen molar-refractivity contribution in [1.29, 1.82) is 0 Å². The van der Waals surface area contributed by atoms with Gasteiger partial charge in [-0.05, 0) is 30.2 Å². The molecule has 24 heavy (non-hydrogen) atoms. The first-order valence-electron chi connectivity index (χ1n) is 7.46. The highest BCUT2D eigenvalue weighted by Gasteiger charge is 2.39. The van der Waals surface area contributed by atoms with Crippen LogP contribution >= 0.6 is 12.4 Å². The number of hydrogen-bond donors (Lipinski definition) is 1. The Morgan fingerprint density at radius 2 is 1.79 bits per heavy atom. The van der Waals surface area contributed by atoms with E-state index in [0.717, 1.165) is 5.56 Å². The van der Waals surface area contributed by atoms with E-state index in [4.69, 9.17) is 5.73 Å². The maximum absolute atomic E-state index is 14.0. The molecule has 3 rings (SSSR count). The molecule has 2 aromatic rings. The Balaban J connectivity index is 0.00000208. The smallest absolute Gasteiger partial charge is 0.246 e. The van der Waals surface area contributed by atoms with Crippen LogP contribution in [0.4, 0.5) is 4.39 Å². The fraction of sp³-hybridized carbons (Fsp3) is 0.294. The molecule has 0 bridgehead atoms. The number of aryl methyl sites for hydroxylation is 1. The second-order valence-electron chi connectivity index (χ2n) is 5.94. The first-order chi connectivity index (χ1) is 10.9. The third-order valence-corrected chi connectivity index (χ3v) is 6.11. The van der Waals surface area contributed by atoms with Crippen molar-refractivity contribution in [3.05, 3.63) is 65.5 Å². The Hall–Kier alpha value is -1.47. The van der Waals surface area contributed by atoms with Gasteiger partial charge in [-0.25, -0.2) is 12.8 Å². The number of rotatable bonds is 3. The lowest BCUT2D eigenvalue weighted by Gasteiger charge is -2.17. The molecule has 0 aliphatic carbocycles. The number of halogens is 2. The summed E-state index contributed by atoms with van der Waals surface area (Å²) in [6, 6.07) is 13.4. The number of nitrogens with zero attached hydrogens (tertiary/aromatic N) is 1. The highest BCUT2D eigenvalue weighted by molar-refractivity contribution is 7.89. The van der Waals surface area contributed by atoms with Crippen molar-refractivity contribution < 1.29 is 12.8 Å². The largest absolute Gasteiger partial charge is 0.326 e. The van der Waals surface area contributed by atoms with Crippen molar-refractivity contribution >= 4 is 22.4 Å². The molecular weight excluding hydrogens is 351 g/mol. The van der Waals surface area contributed by atoms with Crippen molar-refractivity contribution in [1.82, 2.24) is 4.31 Å². The first kappa shape index (κ1) is 18.9. The Morgan fingerprint density at radius 1 is 1.12 bits per heavy atom. The second-order valence-corrected chi connectivity index (χ2v) is 7.84. The van der Waals surface area contributed by atoms with E-state index in [1.54, 1.807) is 13.0 Å². The molecule has 0 aromatic heterocycles. The molecule has 1 fully saturated rings. The predicted molar refractivity (Wildman–Crippen MR) is 94.3 cm³/mol. The van der Waals surface area contributed by atoms with Gasteiger partial charge < -0.3 is 5.73 Å². The zero-order valence-electron chi connectivity index (χ0n) is 13.2. The predicted octanol–water partition coefficient (Wildman–Crippen LogP) is 2.67. The van der Waals surface area contributed by atoms with E-state index in [1.165, 1.54) is 16.4 Å². The molecule has 1 saturated heterocycles. The monoisotopic (exact) mass is 370 g/mol. The van der Waals surface area contributed by atoms with E-state index in [9.17, 15) is 12.8 Å². The van der Waals surface area contributed by atoms with Crippen LogP contribution < -0.4 is 5.73 Å². The van der Waals surface area contributed by atoms with E-state index in [1.807, 2.05) is 30.3 Å². The van der Waals surface area contributed by atoms with Gasteiger partial charge in [-0.3, -0.25) is 0 Å². The summed E-state index contributed by atoms with van der Waals surface area (Å²) in [5.74, 6) is -0.814. The molecule has 2 N–H and O–H groups in total. The molecule has 1 aliphatic rings. The van der Waals surface area contributed by atoms with Gasteiger partial charge in [0.2, 0.25) is 10.0 Å². The Bertz CT molecular complexity index is 815. The van der Waals surface area contributed by atoms with Gasteiger partial charge >= 0.3 is 0 Å². The first-order valence-corrected chi connectivity index (χ1v) is 8.90. The average molecular weight is 371 g/mol. The summed E-state index contributed by atoms with van der Waals surface area (Å²) >= 11 is 0. The quantitative estimate of drug-likeness (QED) is 0.903. The lowest BCUT2D eigenvalue weighted by atomic mass is 9.95. The van der Waals surface area contributed by atoms with Crippen LogP contribution in [0.5, 0.6) is 0 Å². The van der Waals surface area contributed by atoms with Gasteiger partial charge in [0.25, 0.3) is 0 Å². The fourth-order valence-electron chi connectivity index (χ4n) is 2.99. The van der Waals surface area contributed by atoms with Crippen LogP contribution in [0.15, 0.2) is 53.4 Å². The zero-order valence-corrected chi connectivity index (χ0v) is 14.9. The fourth-order valence-corrected chi connectivity index (χ4v) is 4.64. The lowest BCUT2D eigenvalue weighted by Crippen LogP contribution is -2.32. The SMILES string of the molecule is Cc1ccc(F)c(S(=O)(=O)N2C[C@@H](N)[C@H](c3ccccc3)C2)c1.Cl. The standard InChI is InChI=1S/C17H19FN2O2S.ClH/c1-12-7-8-15(18)17(9-12)23(21,22)20-10-14(16(19)11-20)13-5-3-2-4-6-13;/h2-9,14,16H,10-11,19H2,1H3;1H/t14-,16+;/m0./s1. The minimum atomic E-state index is -3.89. The van der Waals surface area contributed by atoms with Crippen molar-refractivity contribution in [2.75, 3.05) is 13.1 Å². The van der Waals surface area contributed by atoms with Crippen LogP contribution in [0.3, 0.4) is 0 Å². The Kier molecular flexibility index (Phi) is 5.65. The van der Waals surface area contributed by atoms with E-state index < -0.39 is 15.8 Å². The van der Waals surface area contributed by atoms with E-state index >= 15 is 0 Å². The minimum Gasteiger partial charge on any atom is -0.326 e. The second kappa shape index (κ2) is 7.19. The van der Waals surface area contributed by atoms with Gasteiger partial charge in [0.05, 0.1) is 0 Å².